The fourth-order valence-corrected chi connectivity index (χ4v) is 2.95. The van der Waals surface area contributed by atoms with E-state index in [0.717, 1.165) is 16.4 Å². The summed E-state index contributed by atoms with van der Waals surface area (Å²) in [7, 11) is 5.52. The smallest absolute Gasteiger partial charge is 0.235 e. The van der Waals surface area contributed by atoms with Crippen LogP contribution in [0.4, 0.5) is 0 Å². The normalized spacial score (nSPS) is 12.2. The average molecular weight is 289 g/mol. The quantitative estimate of drug-likeness (QED) is 0.812. The Morgan fingerprint density at radius 2 is 1.95 bits per heavy atom. The van der Waals surface area contributed by atoms with Crippen LogP contribution in [0.2, 0.25) is 0 Å². The van der Waals surface area contributed by atoms with Gasteiger partial charge in [-0.2, -0.15) is 0 Å². The predicted molar refractivity (Wildman–Crippen MR) is 82.7 cm³/mol. The Labute approximate surface area is 123 Å². The minimum Gasteiger partial charge on any atom is -0.348 e. The van der Waals surface area contributed by atoms with E-state index >= 15 is 0 Å². The first-order valence-corrected chi connectivity index (χ1v) is 7.33. The molecule has 1 atom stereocenters. The van der Waals surface area contributed by atoms with E-state index in [4.69, 9.17) is 0 Å². The molecule has 0 aliphatic rings. The van der Waals surface area contributed by atoms with Gasteiger partial charge in [-0.25, -0.2) is 4.98 Å². The maximum Gasteiger partial charge on any atom is 0.235 e. The molecule has 5 heteroatoms. The fourth-order valence-electron chi connectivity index (χ4n) is 1.95. The summed E-state index contributed by atoms with van der Waals surface area (Å²) in [5.74, 6) is 0.0965. The largest absolute Gasteiger partial charge is 0.348 e. The summed E-state index contributed by atoms with van der Waals surface area (Å²) in [5, 5.41) is 0.710. The van der Waals surface area contributed by atoms with Crippen LogP contribution in [0.5, 0.6) is 0 Å². The molecule has 0 spiro atoms. The second-order valence-corrected chi connectivity index (χ2v) is 6.15. The number of thioether (sulfide) groups is 1. The topological polar surface area (TPSA) is 38.1 Å². The van der Waals surface area contributed by atoms with Crippen LogP contribution in [0.15, 0.2) is 41.7 Å². The van der Waals surface area contributed by atoms with E-state index in [1.807, 2.05) is 42.9 Å². The lowest BCUT2D eigenvalue weighted by Crippen LogP contribution is -2.29. The van der Waals surface area contributed by atoms with E-state index in [1.165, 1.54) is 11.8 Å². The van der Waals surface area contributed by atoms with Crippen LogP contribution < -0.4 is 0 Å². The van der Waals surface area contributed by atoms with Gasteiger partial charge in [0.1, 0.15) is 0 Å². The molecular weight excluding hydrogens is 270 g/mol. The van der Waals surface area contributed by atoms with Gasteiger partial charge in [0.2, 0.25) is 5.91 Å². The van der Waals surface area contributed by atoms with Crippen molar-refractivity contribution in [3.05, 3.63) is 36.5 Å². The van der Waals surface area contributed by atoms with Gasteiger partial charge in [0.05, 0.1) is 17.1 Å². The van der Waals surface area contributed by atoms with Gasteiger partial charge in [-0.15, -0.1) is 0 Å². The lowest BCUT2D eigenvalue weighted by molar-refractivity contribution is -0.127. The molecule has 1 heterocycles. The number of imidazole rings is 1. The SMILES string of the molecule is CC(Sc1ncc(-c2ccccc2)n1C)C(=O)N(C)C. The van der Waals surface area contributed by atoms with Gasteiger partial charge in [-0.05, 0) is 12.5 Å². The molecule has 0 bridgehead atoms. The van der Waals surface area contributed by atoms with Gasteiger partial charge in [0.15, 0.2) is 5.16 Å². The first-order chi connectivity index (χ1) is 9.50. The Morgan fingerprint density at radius 1 is 1.30 bits per heavy atom. The molecule has 1 aromatic heterocycles. The highest BCUT2D eigenvalue weighted by Gasteiger charge is 2.19. The second-order valence-electron chi connectivity index (χ2n) is 4.84. The standard InChI is InChI=1S/C15H19N3OS/c1-11(14(19)17(2)3)20-15-16-10-13(18(15)4)12-8-6-5-7-9-12/h5-11H,1-4H3. The van der Waals surface area contributed by atoms with Crippen molar-refractivity contribution in [3.8, 4) is 11.3 Å². The molecule has 2 aromatic rings. The molecule has 0 N–H and O–H groups in total. The van der Waals surface area contributed by atoms with Crippen LogP contribution in [-0.4, -0.2) is 39.7 Å². The third kappa shape index (κ3) is 3.04. The molecule has 4 nitrogen and oxygen atoms in total. The molecule has 2 rings (SSSR count). The molecule has 0 saturated carbocycles. The summed E-state index contributed by atoms with van der Waals surface area (Å²) in [6.45, 7) is 1.91. The third-order valence-electron chi connectivity index (χ3n) is 3.09. The van der Waals surface area contributed by atoms with E-state index < -0.39 is 0 Å². The average Bonchev–Trinajstić information content (AvgIpc) is 2.80. The first-order valence-electron chi connectivity index (χ1n) is 6.45. The zero-order chi connectivity index (χ0) is 14.7. The number of carbonyl (C=O) groups is 1. The summed E-state index contributed by atoms with van der Waals surface area (Å²) in [5.41, 5.74) is 2.18. The molecule has 106 valence electrons. The van der Waals surface area contributed by atoms with Crippen LogP contribution >= 0.6 is 11.8 Å². The zero-order valence-electron chi connectivity index (χ0n) is 12.2. The third-order valence-corrected chi connectivity index (χ3v) is 4.23. The first kappa shape index (κ1) is 14.7. The number of hydrogen-bond acceptors (Lipinski definition) is 3. The maximum atomic E-state index is 11.9. The highest BCUT2D eigenvalue weighted by Crippen LogP contribution is 2.27. The van der Waals surface area contributed by atoms with Gasteiger partial charge in [0, 0.05) is 21.1 Å². The summed E-state index contributed by atoms with van der Waals surface area (Å²) in [4.78, 5) is 17.9. The number of amides is 1. The van der Waals surface area contributed by atoms with E-state index in [-0.39, 0.29) is 11.2 Å². The van der Waals surface area contributed by atoms with E-state index in [0.29, 0.717) is 0 Å². The van der Waals surface area contributed by atoms with Crippen molar-refractivity contribution in [3.63, 3.8) is 0 Å². The molecule has 20 heavy (non-hydrogen) atoms. The van der Waals surface area contributed by atoms with Crippen molar-refractivity contribution < 1.29 is 4.79 Å². The van der Waals surface area contributed by atoms with E-state index in [2.05, 4.69) is 17.1 Å². The number of nitrogens with zero attached hydrogens (tertiary/aromatic N) is 3. The van der Waals surface area contributed by atoms with Crippen molar-refractivity contribution in [2.75, 3.05) is 14.1 Å². The predicted octanol–water partition coefficient (Wildman–Crippen LogP) is 2.66. The van der Waals surface area contributed by atoms with Crippen molar-refractivity contribution in [2.45, 2.75) is 17.3 Å². The number of benzene rings is 1. The monoisotopic (exact) mass is 289 g/mol. The summed E-state index contributed by atoms with van der Waals surface area (Å²) in [6, 6.07) is 10.1. The van der Waals surface area contributed by atoms with Crippen molar-refractivity contribution in [2.24, 2.45) is 7.05 Å². The molecule has 0 saturated heterocycles. The Balaban J connectivity index is 2.20. The fraction of sp³-hybridized carbons (Fsp3) is 0.333. The Morgan fingerprint density at radius 3 is 2.55 bits per heavy atom. The van der Waals surface area contributed by atoms with E-state index in [9.17, 15) is 4.79 Å². The van der Waals surface area contributed by atoms with Crippen LogP contribution in [-0.2, 0) is 11.8 Å². The van der Waals surface area contributed by atoms with Crippen LogP contribution in [0, 0.1) is 0 Å². The van der Waals surface area contributed by atoms with Gasteiger partial charge in [0.25, 0.3) is 0 Å². The lowest BCUT2D eigenvalue weighted by Gasteiger charge is -2.16. The van der Waals surface area contributed by atoms with Gasteiger partial charge in [-0.1, -0.05) is 42.1 Å². The zero-order valence-corrected chi connectivity index (χ0v) is 13.0. The minimum atomic E-state index is -0.144. The molecule has 0 radical (unpaired) electrons. The highest BCUT2D eigenvalue weighted by atomic mass is 32.2. The number of rotatable bonds is 4. The summed E-state index contributed by atoms with van der Waals surface area (Å²) in [6.07, 6.45) is 1.85. The minimum absolute atomic E-state index is 0.0965. The Kier molecular flexibility index (Phi) is 4.49. The molecule has 0 aliphatic carbocycles. The van der Waals surface area contributed by atoms with Crippen LogP contribution in [0.25, 0.3) is 11.3 Å². The van der Waals surface area contributed by atoms with Gasteiger partial charge in [-0.3, -0.25) is 4.79 Å². The molecule has 1 amide bonds. The van der Waals surface area contributed by atoms with Crippen LogP contribution in [0.1, 0.15) is 6.92 Å². The van der Waals surface area contributed by atoms with Gasteiger partial charge >= 0.3 is 0 Å². The maximum absolute atomic E-state index is 11.9. The number of aromatic nitrogens is 2. The van der Waals surface area contributed by atoms with Crippen molar-refractivity contribution in [1.29, 1.82) is 0 Å². The number of carbonyl (C=O) groups excluding carboxylic acids is 1. The summed E-state index contributed by atoms with van der Waals surface area (Å²) < 4.78 is 2.03. The second kappa shape index (κ2) is 6.13. The van der Waals surface area contributed by atoms with Crippen molar-refractivity contribution in [1.82, 2.24) is 14.5 Å². The Bertz CT molecular complexity index is 592. The molecule has 1 unspecified atom stereocenters. The highest BCUT2D eigenvalue weighted by molar-refractivity contribution is 8.00. The van der Waals surface area contributed by atoms with Crippen LogP contribution in [0.3, 0.4) is 0 Å². The van der Waals surface area contributed by atoms with Crippen molar-refractivity contribution >= 4 is 17.7 Å². The van der Waals surface area contributed by atoms with E-state index in [1.54, 1.807) is 19.0 Å². The molecule has 1 aromatic carbocycles. The molecule has 0 aliphatic heterocycles. The lowest BCUT2D eigenvalue weighted by atomic mass is 10.2. The molecular formula is C15H19N3OS. The number of hydrogen-bond donors (Lipinski definition) is 0. The molecule has 0 fully saturated rings. The van der Waals surface area contributed by atoms with Gasteiger partial charge < -0.3 is 9.47 Å². The summed E-state index contributed by atoms with van der Waals surface area (Å²) >= 11 is 1.48. The Hall–Kier alpha value is -1.75.